The van der Waals surface area contributed by atoms with Crippen LogP contribution in [0, 0.1) is 0 Å². The number of hydrogen-bond acceptors (Lipinski definition) is 1. The fourth-order valence-electron chi connectivity index (χ4n) is 5.71. The summed E-state index contributed by atoms with van der Waals surface area (Å²) in [5.74, 6) is 0.596. The first kappa shape index (κ1) is 17.9. The molecule has 1 N–H and O–H groups in total. The van der Waals surface area contributed by atoms with Crippen LogP contribution in [0.5, 0.6) is 0 Å². The van der Waals surface area contributed by atoms with Gasteiger partial charge in [-0.15, -0.1) is 0 Å². The maximum absolute atomic E-state index is 3.74. The highest BCUT2D eigenvalue weighted by molar-refractivity contribution is 6.10. The molecular weight excluding hydrogens is 388 g/mol. The van der Waals surface area contributed by atoms with Crippen LogP contribution in [0.25, 0.3) is 38.6 Å². The van der Waals surface area contributed by atoms with Gasteiger partial charge in [0.1, 0.15) is 0 Å². The van der Waals surface area contributed by atoms with Gasteiger partial charge in [0, 0.05) is 34.1 Å². The molecular formula is C30H24N2. The number of anilines is 1. The Morgan fingerprint density at radius 2 is 1.41 bits per heavy atom. The van der Waals surface area contributed by atoms with E-state index in [2.05, 4.69) is 113 Å². The standard InChI is InChI=1S/C30H24N2/c1-2-8-22(9-3-1)32-29-13-7-5-11-24(29)26-19-21(15-17-30(26)32)20-14-16-28-25(18-20)23-10-4-6-12-27(23)31-28/h1-9,11,13-19,23,27,31H,10,12H2. The number of hydrogen-bond donors (Lipinski definition) is 1. The highest BCUT2D eigenvalue weighted by Crippen LogP contribution is 2.44. The van der Waals surface area contributed by atoms with Gasteiger partial charge in [0.05, 0.1) is 11.0 Å². The predicted molar refractivity (Wildman–Crippen MR) is 135 cm³/mol. The number of rotatable bonds is 2. The van der Waals surface area contributed by atoms with E-state index in [-0.39, 0.29) is 0 Å². The lowest BCUT2D eigenvalue weighted by atomic mass is 9.85. The van der Waals surface area contributed by atoms with E-state index in [0.717, 1.165) is 12.8 Å². The minimum atomic E-state index is 0.552. The molecule has 7 rings (SSSR count). The molecule has 32 heavy (non-hydrogen) atoms. The molecule has 0 amide bonds. The first-order chi connectivity index (χ1) is 15.9. The minimum Gasteiger partial charge on any atom is -0.381 e. The lowest BCUT2D eigenvalue weighted by Crippen LogP contribution is -2.21. The summed E-state index contributed by atoms with van der Waals surface area (Å²) in [6.45, 7) is 0. The lowest BCUT2D eigenvalue weighted by Gasteiger charge is -2.21. The van der Waals surface area contributed by atoms with Gasteiger partial charge in [-0.1, -0.05) is 60.7 Å². The number of nitrogens with zero attached hydrogens (tertiary/aromatic N) is 1. The number of benzene rings is 4. The van der Waals surface area contributed by atoms with E-state index in [1.54, 1.807) is 0 Å². The van der Waals surface area contributed by atoms with Gasteiger partial charge < -0.3 is 9.88 Å². The van der Waals surface area contributed by atoms with Crippen LogP contribution in [0.2, 0.25) is 0 Å². The fourth-order valence-corrected chi connectivity index (χ4v) is 5.71. The average molecular weight is 413 g/mol. The van der Waals surface area contributed by atoms with Crippen LogP contribution < -0.4 is 5.32 Å². The van der Waals surface area contributed by atoms with Crippen molar-refractivity contribution in [3.05, 3.63) is 109 Å². The molecule has 2 unspecified atom stereocenters. The van der Waals surface area contributed by atoms with Crippen molar-refractivity contribution < 1.29 is 0 Å². The smallest absolute Gasteiger partial charge is 0.0541 e. The molecule has 2 heteroatoms. The van der Waals surface area contributed by atoms with Crippen LogP contribution in [-0.2, 0) is 0 Å². The molecule has 4 aromatic carbocycles. The van der Waals surface area contributed by atoms with Gasteiger partial charge in [0.25, 0.3) is 0 Å². The van der Waals surface area contributed by atoms with Gasteiger partial charge in [0.2, 0.25) is 0 Å². The summed E-state index contributed by atoms with van der Waals surface area (Å²) in [5.41, 5.74) is 9.08. The summed E-state index contributed by atoms with van der Waals surface area (Å²) in [6, 6.07) is 33.9. The third-order valence-electron chi connectivity index (χ3n) is 7.24. The van der Waals surface area contributed by atoms with E-state index < -0.39 is 0 Å². The summed E-state index contributed by atoms with van der Waals surface area (Å²) in [5, 5.41) is 6.34. The Kier molecular flexibility index (Phi) is 3.83. The highest BCUT2D eigenvalue weighted by atomic mass is 15.0. The van der Waals surface area contributed by atoms with Crippen LogP contribution in [0.15, 0.2) is 103 Å². The summed E-state index contributed by atoms with van der Waals surface area (Å²) < 4.78 is 2.38. The zero-order valence-corrected chi connectivity index (χ0v) is 17.8. The Morgan fingerprint density at radius 1 is 0.656 bits per heavy atom. The number of fused-ring (bicyclic) bond motifs is 6. The van der Waals surface area contributed by atoms with Crippen molar-refractivity contribution in [3.8, 4) is 16.8 Å². The Balaban J connectivity index is 1.41. The quantitative estimate of drug-likeness (QED) is 0.294. The van der Waals surface area contributed by atoms with Crippen molar-refractivity contribution in [1.29, 1.82) is 0 Å². The monoisotopic (exact) mass is 412 g/mol. The molecule has 0 spiro atoms. The van der Waals surface area contributed by atoms with Crippen LogP contribution >= 0.6 is 0 Å². The van der Waals surface area contributed by atoms with Gasteiger partial charge >= 0.3 is 0 Å². The van der Waals surface area contributed by atoms with Crippen molar-refractivity contribution in [1.82, 2.24) is 4.57 Å². The second kappa shape index (κ2) is 6.86. The maximum atomic E-state index is 3.74. The van der Waals surface area contributed by atoms with Crippen LogP contribution in [-0.4, -0.2) is 10.6 Å². The Labute approximate surface area is 187 Å². The molecule has 2 aliphatic rings. The van der Waals surface area contributed by atoms with Crippen LogP contribution in [0.3, 0.4) is 0 Å². The molecule has 1 aliphatic carbocycles. The highest BCUT2D eigenvalue weighted by Gasteiger charge is 2.32. The summed E-state index contributed by atoms with van der Waals surface area (Å²) in [6.07, 6.45) is 6.92. The number of nitrogens with one attached hydrogen (secondary N) is 1. The molecule has 2 nitrogen and oxygen atoms in total. The summed E-state index contributed by atoms with van der Waals surface area (Å²) in [7, 11) is 0. The normalized spacial score (nSPS) is 19.1. The predicted octanol–water partition coefficient (Wildman–Crippen LogP) is 7.68. The average Bonchev–Trinajstić information content (AvgIpc) is 3.39. The fraction of sp³-hybridized carbons (Fsp3) is 0.133. The molecule has 0 saturated carbocycles. The van der Waals surface area contributed by atoms with Gasteiger partial charge in [0.15, 0.2) is 0 Å². The van der Waals surface area contributed by atoms with Gasteiger partial charge in [-0.2, -0.15) is 0 Å². The third-order valence-corrected chi connectivity index (χ3v) is 7.24. The topological polar surface area (TPSA) is 17.0 Å². The van der Waals surface area contributed by atoms with Crippen molar-refractivity contribution in [2.24, 2.45) is 0 Å². The SMILES string of the molecule is C1=CCC2c3cc(-c4ccc5c(c4)c4ccccc4n5-c4ccccc4)ccc3NC2C1. The van der Waals surface area contributed by atoms with E-state index in [4.69, 9.17) is 0 Å². The minimum absolute atomic E-state index is 0.552. The van der Waals surface area contributed by atoms with E-state index >= 15 is 0 Å². The largest absolute Gasteiger partial charge is 0.381 e. The maximum Gasteiger partial charge on any atom is 0.0541 e. The molecule has 0 radical (unpaired) electrons. The van der Waals surface area contributed by atoms with Gasteiger partial charge in [-0.05, 0) is 72.0 Å². The van der Waals surface area contributed by atoms with E-state index in [1.165, 1.54) is 49.9 Å². The van der Waals surface area contributed by atoms with Crippen LogP contribution in [0.4, 0.5) is 5.69 Å². The third kappa shape index (κ3) is 2.59. The van der Waals surface area contributed by atoms with Crippen LogP contribution in [0.1, 0.15) is 24.3 Å². The molecule has 0 fully saturated rings. The molecule has 0 saturated heterocycles. The van der Waals surface area contributed by atoms with E-state index in [0.29, 0.717) is 12.0 Å². The zero-order valence-electron chi connectivity index (χ0n) is 17.8. The van der Waals surface area contributed by atoms with Gasteiger partial charge in [-0.25, -0.2) is 0 Å². The molecule has 2 heterocycles. The Bertz CT molecular complexity index is 1510. The van der Waals surface area contributed by atoms with Crippen molar-refractivity contribution in [2.45, 2.75) is 24.8 Å². The molecule has 1 aromatic heterocycles. The Morgan fingerprint density at radius 3 is 2.34 bits per heavy atom. The van der Waals surface area contributed by atoms with E-state index in [9.17, 15) is 0 Å². The van der Waals surface area contributed by atoms with Gasteiger partial charge in [-0.3, -0.25) is 0 Å². The molecule has 2 atom stereocenters. The number of aromatic nitrogens is 1. The molecule has 1 aliphatic heterocycles. The Hall–Kier alpha value is -3.78. The first-order valence-corrected chi connectivity index (χ1v) is 11.5. The number of para-hydroxylation sites is 2. The summed E-state index contributed by atoms with van der Waals surface area (Å²) in [4.78, 5) is 0. The molecule has 154 valence electrons. The first-order valence-electron chi connectivity index (χ1n) is 11.5. The van der Waals surface area contributed by atoms with Crippen molar-refractivity contribution in [3.63, 3.8) is 0 Å². The second-order valence-electron chi connectivity index (χ2n) is 9.02. The number of allylic oxidation sites excluding steroid dienone is 1. The summed E-state index contributed by atoms with van der Waals surface area (Å²) >= 11 is 0. The second-order valence-corrected chi connectivity index (χ2v) is 9.02. The lowest BCUT2D eigenvalue weighted by molar-refractivity contribution is 0.582. The molecule has 5 aromatic rings. The zero-order chi connectivity index (χ0) is 21.1. The van der Waals surface area contributed by atoms with Crippen molar-refractivity contribution in [2.75, 3.05) is 5.32 Å². The van der Waals surface area contributed by atoms with E-state index in [1.807, 2.05) is 0 Å². The van der Waals surface area contributed by atoms with Crippen molar-refractivity contribution >= 4 is 27.5 Å². The molecule has 0 bridgehead atoms.